The first-order valence-electron chi connectivity index (χ1n) is 2.73. The monoisotopic (exact) mass is 245 g/mol. The second-order valence-corrected chi connectivity index (χ2v) is 1.82. The van der Waals surface area contributed by atoms with Gasteiger partial charge >= 0.3 is 5.97 Å². The zero-order valence-corrected chi connectivity index (χ0v) is 6.90. The van der Waals surface area contributed by atoms with Crippen molar-refractivity contribution in [2.45, 2.75) is 0 Å². The maximum absolute atomic E-state index is 10.3. The SMILES string of the molecule is O=C(O)c1ccccc1O.[Ag]. The van der Waals surface area contributed by atoms with Crippen LogP contribution < -0.4 is 0 Å². The van der Waals surface area contributed by atoms with Crippen molar-refractivity contribution in [3.05, 3.63) is 29.8 Å². The van der Waals surface area contributed by atoms with Crippen LogP contribution in [0.2, 0.25) is 0 Å². The summed E-state index contributed by atoms with van der Waals surface area (Å²) in [5.74, 6) is -1.31. The van der Waals surface area contributed by atoms with Crippen molar-refractivity contribution in [1.29, 1.82) is 0 Å². The number of hydrogen-bond acceptors (Lipinski definition) is 2. The van der Waals surface area contributed by atoms with E-state index in [1.54, 1.807) is 12.1 Å². The normalized spacial score (nSPS) is 8.36. The van der Waals surface area contributed by atoms with Crippen molar-refractivity contribution in [3.63, 3.8) is 0 Å². The molecule has 1 aromatic carbocycles. The average Bonchev–Trinajstić information content (AvgIpc) is 1.88. The summed E-state index contributed by atoms with van der Waals surface area (Å²) in [6, 6.07) is 5.81. The number of carboxylic acid groups (broad SMARTS) is 1. The fourth-order valence-electron chi connectivity index (χ4n) is 0.654. The molecule has 1 aromatic rings. The Labute approximate surface area is 79.2 Å². The molecule has 0 spiro atoms. The molecule has 0 unspecified atom stereocenters. The maximum Gasteiger partial charge on any atom is 0.339 e. The van der Waals surface area contributed by atoms with Crippen LogP contribution in [0.1, 0.15) is 10.4 Å². The van der Waals surface area contributed by atoms with Gasteiger partial charge in [-0.3, -0.25) is 0 Å². The van der Waals surface area contributed by atoms with Gasteiger partial charge in [-0.25, -0.2) is 4.79 Å². The number of carbonyl (C=O) groups is 1. The van der Waals surface area contributed by atoms with E-state index in [-0.39, 0.29) is 33.7 Å². The van der Waals surface area contributed by atoms with Crippen LogP contribution in [-0.4, -0.2) is 16.2 Å². The van der Waals surface area contributed by atoms with E-state index in [0.717, 1.165) is 0 Å². The summed E-state index contributed by atoms with van der Waals surface area (Å²) in [5, 5.41) is 17.3. The van der Waals surface area contributed by atoms with Gasteiger partial charge in [0.1, 0.15) is 11.3 Å². The molecule has 3 nitrogen and oxygen atoms in total. The molecule has 4 heteroatoms. The van der Waals surface area contributed by atoms with Crippen molar-refractivity contribution in [3.8, 4) is 5.75 Å². The van der Waals surface area contributed by atoms with Crippen molar-refractivity contribution in [2.24, 2.45) is 0 Å². The molecule has 0 amide bonds. The molecular formula is C7H6AgO3. The topological polar surface area (TPSA) is 57.5 Å². The van der Waals surface area contributed by atoms with E-state index in [9.17, 15) is 4.79 Å². The zero-order chi connectivity index (χ0) is 7.56. The van der Waals surface area contributed by atoms with Crippen molar-refractivity contribution in [1.82, 2.24) is 0 Å². The van der Waals surface area contributed by atoms with Crippen LogP contribution in [0.25, 0.3) is 0 Å². The first kappa shape index (κ1) is 10.2. The van der Waals surface area contributed by atoms with Gasteiger partial charge in [0.15, 0.2) is 0 Å². The van der Waals surface area contributed by atoms with Crippen molar-refractivity contribution < 1.29 is 37.4 Å². The number of phenols is 1. The zero-order valence-electron chi connectivity index (χ0n) is 5.41. The third-order valence-corrected chi connectivity index (χ3v) is 1.13. The molecule has 1 radical (unpaired) electrons. The molecule has 2 N–H and O–H groups in total. The Balaban J connectivity index is 0.000001000. The van der Waals surface area contributed by atoms with Crippen molar-refractivity contribution in [2.75, 3.05) is 0 Å². The number of benzene rings is 1. The Morgan fingerprint density at radius 3 is 2.18 bits per heavy atom. The Morgan fingerprint density at radius 2 is 1.82 bits per heavy atom. The maximum atomic E-state index is 10.3. The molecular weight excluding hydrogens is 240 g/mol. The number of carboxylic acids is 1. The molecule has 0 heterocycles. The standard InChI is InChI=1S/C7H6O3.Ag/c8-6-4-2-1-3-5(6)7(9)10;/h1-4,8H,(H,9,10);. The van der Waals surface area contributed by atoms with Crippen LogP contribution in [-0.2, 0) is 22.4 Å². The fraction of sp³-hybridized carbons (Fsp3) is 0. The minimum Gasteiger partial charge on any atom is -0.507 e. The first-order chi connectivity index (χ1) is 4.72. The molecule has 0 aliphatic rings. The molecule has 0 fully saturated rings. The van der Waals surface area contributed by atoms with Gasteiger partial charge in [-0.2, -0.15) is 0 Å². The summed E-state index contributed by atoms with van der Waals surface area (Å²) in [7, 11) is 0. The van der Waals surface area contributed by atoms with Gasteiger partial charge in [0.2, 0.25) is 0 Å². The van der Waals surface area contributed by atoms with Crippen LogP contribution in [0, 0.1) is 0 Å². The van der Waals surface area contributed by atoms with E-state index in [0.29, 0.717) is 0 Å². The predicted molar refractivity (Wildman–Crippen MR) is 35.1 cm³/mol. The molecule has 0 saturated heterocycles. The Bertz CT molecular complexity index is 260. The van der Waals surface area contributed by atoms with Crippen LogP contribution in [0.15, 0.2) is 24.3 Å². The van der Waals surface area contributed by atoms with E-state index in [4.69, 9.17) is 10.2 Å². The second kappa shape index (κ2) is 4.18. The molecule has 11 heavy (non-hydrogen) atoms. The third kappa shape index (κ3) is 2.38. The largest absolute Gasteiger partial charge is 0.507 e. The molecule has 63 valence electrons. The summed E-state index contributed by atoms with van der Waals surface area (Å²) < 4.78 is 0. The van der Waals surface area contributed by atoms with E-state index < -0.39 is 5.97 Å². The predicted octanol–water partition coefficient (Wildman–Crippen LogP) is 1.09. The van der Waals surface area contributed by atoms with Crippen LogP contribution in [0.5, 0.6) is 5.75 Å². The van der Waals surface area contributed by atoms with E-state index in [1.165, 1.54) is 12.1 Å². The van der Waals surface area contributed by atoms with E-state index in [2.05, 4.69) is 0 Å². The second-order valence-electron chi connectivity index (χ2n) is 1.82. The average molecular weight is 246 g/mol. The van der Waals surface area contributed by atoms with Gasteiger partial charge in [0, 0.05) is 22.4 Å². The van der Waals surface area contributed by atoms with Gasteiger partial charge < -0.3 is 10.2 Å². The molecule has 0 atom stereocenters. The third-order valence-electron chi connectivity index (χ3n) is 1.13. The number of aromatic hydroxyl groups is 1. The van der Waals surface area contributed by atoms with Gasteiger partial charge in [-0.15, -0.1) is 0 Å². The summed E-state index contributed by atoms with van der Waals surface area (Å²) in [4.78, 5) is 10.3. The van der Waals surface area contributed by atoms with Crippen LogP contribution in [0.3, 0.4) is 0 Å². The van der Waals surface area contributed by atoms with Gasteiger partial charge in [0.25, 0.3) is 0 Å². The summed E-state index contributed by atoms with van der Waals surface area (Å²) >= 11 is 0. The van der Waals surface area contributed by atoms with E-state index >= 15 is 0 Å². The number of para-hydroxylation sites is 1. The van der Waals surface area contributed by atoms with E-state index in [1.807, 2.05) is 0 Å². The molecule has 0 bridgehead atoms. The Morgan fingerprint density at radius 1 is 1.27 bits per heavy atom. The molecule has 0 aliphatic carbocycles. The first-order valence-corrected chi connectivity index (χ1v) is 2.73. The minimum atomic E-state index is -1.11. The molecule has 1 rings (SSSR count). The van der Waals surface area contributed by atoms with Crippen molar-refractivity contribution >= 4 is 5.97 Å². The Hall–Kier alpha value is -0.770. The Kier molecular flexibility index (Phi) is 3.89. The summed E-state index contributed by atoms with van der Waals surface area (Å²) in [6.45, 7) is 0. The number of rotatable bonds is 1. The molecule has 0 aromatic heterocycles. The quantitative estimate of drug-likeness (QED) is 0.729. The minimum absolute atomic E-state index is 0. The van der Waals surface area contributed by atoms with Crippen LogP contribution in [0.4, 0.5) is 0 Å². The van der Waals surface area contributed by atoms with Crippen LogP contribution >= 0.6 is 0 Å². The number of aromatic carboxylic acids is 1. The number of hydrogen-bond donors (Lipinski definition) is 2. The summed E-state index contributed by atoms with van der Waals surface area (Å²) in [5.41, 5.74) is -0.0671. The molecule has 0 aliphatic heterocycles. The smallest absolute Gasteiger partial charge is 0.339 e. The van der Waals surface area contributed by atoms with Gasteiger partial charge in [0.05, 0.1) is 0 Å². The van der Waals surface area contributed by atoms with Gasteiger partial charge in [-0.1, -0.05) is 12.1 Å². The summed E-state index contributed by atoms with van der Waals surface area (Å²) in [6.07, 6.45) is 0. The fourth-order valence-corrected chi connectivity index (χ4v) is 0.654. The van der Waals surface area contributed by atoms with Gasteiger partial charge in [-0.05, 0) is 12.1 Å². The molecule has 0 saturated carbocycles.